The molecule has 3 heterocycles. The van der Waals surface area contributed by atoms with Crippen molar-refractivity contribution >= 4 is 67.7 Å². The van der Waals surface area contributed by atoms with E-state index in [1.54, 1.807) is 66.9 Å². The average Bonchev–Trinajstić information content (AvgIpc) is 3.43. The van der Waals surface area contributed by atoms with Crippen LogP contribution in [0.3, 0.4) is 0 Å². The summed E-state index contributed by atoms with van der Waals surface area (Å²) in [5, 5.41) is 6.16. The number of sulfonamides is 1. The molecule has 14 nitrogen and oxygen atoms in total. The van der Waals surface area contributed by atoms with Crippen molar-refractivity contribution in [1.82, 2.24) is 25.2 Å². The Morgan fingerprint density at radius 3 is 2.34 bits per heavy atom. The highest BCUT2D eigenvalue weighted by molar-refractivity contribution is 7.92. The van der Waals surface area contributed by atoms with E-state index in [0.717, 1.165) is 16.9 Å². The van der Waals surface area contributed by atoms with Crippen molar-refractivity contribution < 1.29 is 41.8 Å². The molecule has 2 aliphatic rings. The summed E-state index contributed by atoms with van der Waals surface area (Å²) < 4.78 is 46.1. The zero-order valence-corrected chi connectivity index (χ0v) is 36.2. The highest BCUT2D eigenvalue weighted by Crippen LogP contribution is 2.45. The molecule has 3 N–H and O–H groups in total. The van der Waals surface area contributed by atoms with Gasteiger partial charge < -0.3 is 29.7 Å². The first-order valence-corrected chi connectivity index (χ1v) is 21.6. The normalized spacial score (nSPS) is 20.9. The molecule has 1 saturated heterocycles. The Morgan fingerprint density at radius 1 is 1.03 bits per heavy atom. The molecule has 5 unspecified atom stereocenters. The summed E-state index contributed by atoms with van der Waals surface area (Å²) >= 11 is 6.74. The molecule has 1 aliphatic heterocycles. The summed E-state index contributed by atoms with van der Waals surface area (Å²) in [6.07, 6.45) is -0.0802. The standard InChI is InChI=1S/C42H48ClN5O9S2/c1-9-25-22-42(25,38(51)47-59(53,54)34-18-17-33(43)58-34)46-36(49)31-20-27(23-48(31)37(50)35(40(2,3)4)45-39(52)57-41(5,6)7)56-32-21-29(24-13-11-10-12-14-24)44-30-19-26(55-8)15-16-28(30)32/h9-19,21,25,27,31,35H,1,20,22-23H2,2-8H3,(H,45,52)(H,46,49)(H,47,51). The minimum absolute atomic E-state index is 0.0238. The van der Waals surface area contributed by atoms with Gasteiger partial charge in [0.25, 0.3) is 15.9 Å². The Bertz CT molecular complexity index is 2390. The van der Waals surface area contributed by atoms with Gasteiger partial charge in [0.1, 0.15) is 45.0 Å². The fraction of sp³-hybridized carbons (Fsp3) is 0.405. The molecule has 0 spiro atoms. The number of rotatable bonds is 12. The van der Waals surface area contributed by atoms with Crippen LogP contribution in [-0.2, 0) is 29.1 Å². The lowest BCUT2D eigenvalue weighted by molar-refractivity contribution is -0.143. The van der Waals surface area contributed by atoms with Crippen molar-refractivity contribution in [3.05, 3.63) is 83.7 Å². The number of methoxy groups -OCH3 is 1. The topological polar surface area (TPSA) is 182 Å². The fourth-order valence-electron chi connectivity index (χ4n) is 6.99. The van der Waals surface area contributed by atoms with Crippen molar-refractivity contribution in [3.63, 3.8) is 0 Å². The van der Waals surface area contributed by atoms with Crippen molar-refractivity contribution in [3.8, 4) is 22.8 Å². The number of aromatic nitrogens is 1. The third kappa shape index (κ3) is 9.66. The maximum Gasteiger partial charge on any atom is 0.408 e. The highest BCUT2D eigenvalue weighted by atomic mass is 35.5. The third-order valence-electron chi connectivity index (χ3n) is 10.1. The summed E-state index contributed by atoms with van der Waals surface area (Å²) in [6, 6.07) is 17.0. The first kappa shape index (κ1) is 43.4. The second kappa shape index (κ2) is 16.5. The van der Waals surface area contributed by atoms with Crippen molar-refractivity contribution in [1.29, 1.82) is 0 Å². The largest absolute Gasteiger partial charge is 0.497 e. The van der Waals surface area contributed by atoms with E-state index in [-0.39, 0.29) is 27.9 Å². The van der Waals surface area contributed by atoms with Crippen LogP contribution in [0.4, 0.5) is 4.79 Å². The zero-order valence-electron chi connectivity index (χ0n) is 33.8. The summed E-state index contributed by atoms with van der Waals surface area (Å²) in [5.41, 5.74) is -1.35. The molecule has 4 amide bonds. The van der Waals surface area contributed by atoms with Crippen LogP contribution < -0.4 is 24.8 Å². The van der Waals surface area contributed by atoms with E-state index in [1.165, 1.54) is 23.1 Å². The van der Waals surface area contributed by atoms with E-state index in [9.17, 15) is 27.6 Å². The summed E-state index contributed by atoms with van der Waals surface area (Å²) in [7, 11) is -2.78. The van der Waals surface area contributed by atoms with Gasteiger partial charge in [0, 0.05) is 35.4 Å². The second-order valence-electron chi connectivity index (χ2n) is 16.7. The number of likely N-dealkylation sites (tertiary alicyclic amines) is 1. The number of hydrogen-bond donors (Lipinski definition) is 3. The van der Waals surface area contributed by atoms with Crippen LogP contribution >= 0.6 is 22.9 Å². The number of carbonyl (C=O) groups is 4. The molecule has 0 radical (unpaired) electrons. The summed E-state index contributed by atoms with van der Waals surface area (Å²) in [4.78, 5) is 62.4. The van der Waals surface area contributed by atoms with E-state index in [1.807, 2.05) is 36.4 Å². The van der Waals surface area contributed by atoms with Gasteiger partial charge in [-0.2, -0.15) is 0 Å². The van der Waals surface area contributed by atoms with Gasteiger partial charge in [-0.1, -0.05) is 68.8 Å². The zero-order chi connectivity index (χ0) is 43.1. The number of thiophene rings is 1. The van der Waals surface area contributed by atoms with Crippen LogP contribution in [0, 0.1) is 11.3 Å². The number of pyridine rings is 1. The van der Waals surface area contributed by atoms with Gasteiger partial charge in [0.2, 0.25) is 11.8 Å². The van der Waals surface area contributed by atoms with Crippen LogP contribution in [0.5, 0.6) is 11.5 Å². The lowest BCUT2D eigenvalue weighted by Crippen LogP contribution is -2.60. The van der Waals surface area contributed by atoms with Gasteiger partial charge in [-0.3, -0.25) is 14.4 Å². The molecule has 1 aliphatic carbocycles. The molecule has 0 bridgehead atoms. The van der Waals surface area contributed by atoms with Crippen LogP contribution in [0.25, 0.3) is 22.2 Å². The molecule has 1 saturated carbocycles. The second-order valence-corrected chi connectivity index (χ2v) is 20.3. The number of carbonyl (C=O) groups excluding carboxylic acids is 4. The molecule has 5 atom stereocenters. The number of nitrogens with one attached hydrogen (secondary N) is 3. The van der Waals surface area contributed by atoms with E-state index >= 15 is 0 Å². The van der Waals surface area contributed by atoms with Gasteiger partial charge in [-0.25, -0.2) is 22.9 Å². The van der Waals surface area contributed by atoms with Crippen LogP contribution in [0.15, 0.2) is 83.6 Å². The quantitative estimate of drug-likeness (QED) is 0.133. The number of fused-ring (bicyclic) bond motifs is 1. The van der Waals surface area contributed by atoms with Crippen LogP contribution in [0.1, 0.15) is 54.4 Å². The third-order valence-corrected chi connectivity index (χ3v) is 13.1. The molecule has 2 aromatic carbocycles. The average molecular weight is 866 g/mol. The predicted molar refractivity (Wildman–Crippen MR) is 225 cm³/mol. The van der Waals surface area contributed by atoms with Crippen molar-refractivity contribution in [2.45, 2.75) is 87.9 Å². The Balaban J connectivity index is 1.35. The lowest BCUT2D eigenvalue weighted by Gasteiger charge is -2.36. The Hall–Kier alpha value is -5.19. The molecule has 2 fully saturated rings. The van der Waals surface area contributed by atoms with Crippen LogP contribution in [0.2, 0.25) is 4.34 Å². The molecule has 2 aromatic heterocycles. The first-order valence-electron chi connectivity index (χ1n) is 18.9. The monoisotopic (exact) mass is 865 g/mol. The molecule has 4 aromatic rings. The molecule has 6 rings (SSSR count). The first-order chi connectivity index (χ1) is 27.6. The number of nitrogens with zero attached hydrogens (tertiary/aromatic N) is 2. The summed E-state index contributed by atoms with van der Waals surface area (Å²) in [5.74, 6) is -1.86. The van der Waals surface area contributed by atoms with Gasteiger partial charge in [-0.05, 0) is 56.9 Å². The molecular weight excluding hydrogens is 818 g/mol. The number of ether oxygens (including phenoxy) is 3. The van der Waals surface area contributed by atoms with Crippen molar-refractivity contribution in [2.24, 2.45) is 11.3 Å². The lowest BCUT2D eigenvalue weighted by atomic mass is 9.85. The van der Waals surface area contributed by atoms with E-state index in [4.69, 9.17) is 30.8 Å². The predicted octanol–water partition coefficient (Wildman–Crippen LogP) is 6.48. The number of benzene rings is 2. The highest BCUT2D eigenvalue weighted by Gasteiger charge is 2.61. The maximum atomic E-state index is 14.7. The molecule has 59 heavy (non-hydrogen) atoms. The molecule has 17 heteroatoms. The fourth-order valence-corrected chi connectivity index (χ4v) is 9.52. The minimum atomic E-state index is -4.33. The Kier molecular flexibility index (Phi) is 12.1. The SMILES string of the molecule is C=CC1CC1(NC(=O)C1CC(Oc2cc(-c3ccccc3)nc3cc(OC)ccc23)CN1C(=O)C(NC(=O)OC(C)(C)C)C(C)(C)C)C(=O)NS(=O)(=O)c1ccc(Cl)s1. The van der Waals surface area contributed by atoms with E-state index < -0.39 is 74.5 Å². The number of halogens is 1. The van der Waals surface area contributed by atoms with E-state index in [0.29, 0.717) is 28.1 Å². The number of hydrogen-bond acceptors (Lipinski definition) is 11. The Labute approximate surface area is 352 Å². The smallest absolute Gasteiger partial charge is 0.408 e. The Morgan fingerprint density at radius 2 is 1.75 bits per heavy atom. The van der Waals surface area contributed by atoms with Gasteiger partial charge in [0.05, 0.1) is 29.2 Å². The van der Waals surface area contributed by atoms with Gasteiger partial charge >= 0.3 is 6.09 Å². The minimum Gasteiger partial charge on any atom is -0.497 e. The number of alkyl carbamates (subject to hydrolysis) is 1. The maximum absolute atomic E-state index is 14.7. The summed E-state index contributed by atoms with van der Waals surface area (Å²) in [6.45, 7) is 14.1. The molecule has 314 valence electrons. The van der Waals surface area contributed by atoms with E-state index in [2.05, 4.69) is 21.9 Å². The number of amides is 4. The van der Waals surface area contributed by atoms with Gasteiger partial charge in [-0.15, -0.1) is 17.9 Å². The van der Waals surface area contributed by atoms with Gasteiger partial charge in [0.15, 0.2) is 0 Å². The van der Waals surface area contributed by atoms with Crippen LogP contribution in [-0.4, -0.2) is 85.1 Å². The molecular formula is C42H48ClN5O9S2. The van der Waals surface area contributed by atoms with Crippen molar-refractivity contribution in [2.75, 3.05) is 13.7 Å².